The molecule has 0 aliphatic carbocycles. The number of methoxy groups -OCH3 is 1. The lowest BCUT2D eigenvalue weighted by Crippen LogP contribution is -2.36. The Kier molecular flexibility index (Phi) is 5.58. The molecule has 2 aromatic carbocycles. The Morgan fingerprint density at radius 2 is 1.75 bits per heavy atom. The zero-order valence-corrected chi connectivity index (χ0v) is 20.5. The highest BCUT2D eigenvalue weighted by atomic mass is 16.5. The summed E-state index contributed by atoms with van der Waals surface area (Å²) >= 11 is 0. The summed E-state index contributed by atoms with van der Waals surface area (Å²) in [6, 6.07) is 23.0. The summed E-state index contributed by atoms with van der Waals surface area (Å²) in [6.45, 7) is 3.61. The first-order valence-electron chi connectivity index (χ1n) is 12.0. The highest BCUT2D eigenvalue weighted by Crippen LogP contribution is 2.33. The van der Waals surface area contributed by atoms with Crippen molar-refractivity contribution in [3.63, 3.8) is 0 Å². The van der Waals surface area contributed by atoms with Crippen molar-refractivity contribution in [2.45, 2.75) is 19.5 Å². The molecule has 4 heterocycles. The fraction of sp³-hybridized carbons (Fsp3) is 0.214. The van der Waals surface area contributed by atoms with Gasteiger partial charge in [0.2, 0.25) is 5.88 Å². The number of hydrogen-bond donors (Lipinski definition) is 0. The molecule has 0 saturated carbocycles. The Balaban J connectivity index is 1.38. The molecule has 1 atom stereocenters. The van der Waals surface area contributed by atoms with Gasteiger partial charge in [0, 0.05) is 12.7 Å². The minimum atomic E-state index is -0.00115. The molecule has 0 fully saturated rings. The second-order valence-electron chi connectivity index (χ2n) is 9.04. The van der Waals surface area contributed by atoms with Crippen LogP contribution in [0.1, 0.15) is 23.1 Å². The highest BCUT2D eigenvalue weighted by molar-refractivity contribution is 5.64. The van der Waals surface area contributed by atoms with Gasteiger partial charge in [-0.3, -0.25) is 4.90 Å². The molecular formula is C28H27N7O. The lowest BCUT2D eigenvalue weighted by Gasteiger charge is -2.32. The quantitative estimate of drug-likeness (QED) is 0.370. The van der Waals surface area contributed by atoms with Gasteiger partial charge in [0.1, 0.15) is 17.2 Å². The molecule has 3 aromatic heterocycles. The normalized spacial score (nSPS) is 15.6. The summed E-state index contributed by atoms with van der Waals surface area (Å²) in [4.78, 5) is 16.4. The molecule has 1 aliphatic rings. The van der Waals surface area contributed by atoms with Crippen LogP contribution in [-0.4, -0.2) is 54.9 Å². The van der Waals surface area contributed by atoms with Crippen molar-refractivity contribution < 1.29 is 4.74 Å². The highest BCUT2D eigenvalue weighted by Gasteiger charge is 2.30. The lowest BCUT2D eigenvalue weighted by atomic mass is 9.97. The maximum Gasteiger partial charge on any atom is 0.238 e. The molecule has 0 radical (unpaired) electrons. The second kappa shape index (κ2) is 9.05. The molecule has 180 valence electrons. The van der Waals surface area contributed by atoms with Gasteiger partial charge in [0.05, 0.1) is 31.7 Å². The first-order valence-corrected chi connectivity index (χ1v) is 12.0. The van der Waals surface area contributed by atoms with Gasteiger partial charge in [-0.15, -0.1) is 5.10 Å². The number of aryl methyl sites for hydroxylation is 1. The van der Waals surface area contributed by atoms with Gasteiger partial charge in [0.25, 0.3) is 0 Å². The maximum absolute atomic E-state index is 5.61. The van der Waals surface area contributed by atoms with Crippen LogP contribution in [0, 0.1) is 6.92 Å². The second-order valence-corrected chi connectivity index (χ2v) is 9.04. The van der Waals surface area contributed by atoms with Crippen LogP contribution < -0.4 is 4.74 Å². The third-order valence-corrected chi connectivity index (χ3v) is 6.61. The van der Waals surface area contributed by atoms with E-state index in [1.807, 2.05) is 40.6 Å². The van der Waals surface area contributed by atoms with Crippen molar-refractivity contribution in [3.8, 4) is 34.2 Å². The Labute approximate surface area is 209 Å². The van der Waals surface area contributed by atoms with Gasteiger partial charge in [0.15, 0.2) is 5.82 Å². The molecule has 0 bridgehead atoms. The molecule has 36 heavy (non-hydrogen) atoms. The van der Waals surface area contributed by atoms with Crippen molar-refractivity contribution >= 4 is 0 Å². The largest absolute Gasteiger partial charge is 0.479 e. The summed E-state index contributed by atoms with van der Waals surface area (Å²) in [5.41, 5.74) is 6.00. The Hall–Kier alpha value is -4.30. The van der Waals surface area contributed by atoms with E-state index >= 15 is 0 Å². The van der Waals surface area contributed by atoms with Gasteiger partial charge in [-0.25, -0.2) is 19.6 Å². The number of fused-ring (bicyclic) bond motifs is 1. The average Bonchev–Trinajstić information content (AvgIpc) is 3.55. The van der Waals surface area contributed by atoms with Crippen LogP contribution in [0.2, 0.25) is 0 Å². The molecule has 8 nitrogen and oxygen atoms in total. The van der Waals surface area contributed by atoms with Crippen LogP contribution >= 0.6 is 0 Å². The summed E-state index contributed by atoms with van der Waals surface area (Å²) in [5.74, 6) is 2.01. The van der Waals surface area contributed by atoms with Gasteiger partial charge in [-0.2, -0.15) is 0 Å². The number of ether oxygens (including phenoxy) is 1. The smallest absolute Gasteiger partial charge is 0.238 e. The zero-order valence-electron chi connectivity index (χ0n) is 20.5. The minimum absolute atomic E-state index is 0.00115. The number of benzene rings is 2. The van der Waals surface area contributed by atoms with Crippen LogP contribution in [0.4, 0.5) is 0 Å². The van der Waals surface area contributed by atoms with Gasteiger partial charge >= 0.3 is 0 Å². The van der Waals surface area contributed by atoms with E-state index in [0.717, 1.165) is 30.3 Å². The molecule has 0 amide bonds. The number of aromatic nitrogens is 6. The Morgan fingerprint density at radius 1 is 0.917 bits per heavy atom. The fourth-order valence-electron chi connectivity index (χ4n) is 4.79. The van der Waals surface area contributed by atoms with Crippen molar-refractivity contribution in [3.05, 3.63) is 96.3 Å². The standard InChI is InChI=1S/C28H27N7O/c1-19-17-34(18-29-19)24-13-12-23(30-28(24)36-3)26-31-27-25(33(2)14-15-35(27)32-26)22-11-7-10-21(16-22)20-8-5-4-6-9-20/h4-13,16-18,25H,14-15H2,1-3H3/t25-/m1/s1. The predicted molar refractivity (Wildman–Crippen MR) is 138 cm³/mol. The van der Waals surface area contributed by atoms with E-state index in [9.17, 15) is 0 Å². The molecule has 5 aromatic rings. The zero-order chi connectivity index (χ0) is 24.6. The van der Waals surface area contributed by atoms with Crippen molar-refractivity contribution in [2.75, 3.05) is 20.7 Å². The SMILES string of the molecule is COc1nc(-c2nc3n(n2)CCN(C)[C@@H]3c2cccc(-c3ccccc3)c2)ccc1-n1cnc(C)c1. The third kappa shape index (κ3) is 3.95. The van der Waals surface area contributed by atoms with Crippen molar-refractivity contribution in [2.24, 2.45) is 0 Å². The topological polar surface area (TPSA) is 73.9 Å². The van der Waals surface area contributed by atoms with Crippen LogP contribution in [0.5, 0.6) is 5.88 Å². The first kappa shape index (κ1) is 22.2. The number of imidazole rings is 1. The molecule has 0 saturated heterocycles. The summed E-state index contributed by atoms with van der Waals surface area (Å²) in [5, 5.41) is 4.84. The van der Waals surface area contributed by atoms with E-state index in [1.165, 1.54) is 16.7 Å². The van der Waals surface area contributed by atoms with Gasteiger partial charge in [-0.05, 0) is 48.9 Å². The lowest BCUT2D eigenvalue weighted by molar-refractivity contribution is 0.213. The molecular weight excluding hydrogens is 450 g/mol. The van der Waals surface area contributed by atoms with E-state index in [-0.39, 0.29) is 6.04 Å². The number of nitrogens with zero attached hydrogens (tertiary/aromatic N) is 7. The molecule has 1 aliphatic heterocycles. The Bertz CT molecular complexity index is 1520. The summed E-state index contributed by atoms with van der Waals surface area (Å²) in [6.07, 6.45) is 3.70. The maximum atomic E-state index is 5.61. The number of pyridine rings is 1. The first-order chi connectivity index (χ1) is 17.6. The molecule has 0 unspecified atom stereocenters. The summed E-state index contributed by atoms with van der Waals surface area (Å²) in [7, 11) is 3.76. The monoisotopic (exact) mass is 477 g/mol. The van der Waals surface area contributed by atoms with E-state index in [0.29, 0.717) is 17.4 Å². The molecule has 0 N–H and O–H groups in total. The number of likely N-dealkylation sites (N-methyl/N-ethyl adjacent to an activating group) is 1. The van der Waals surface area contributed by atoms with Crippen molar-refractivity contribution in [1.29, 1.82) is 0 Å². The van der Waals surface area contributed by atoms with Crippen LogP contribution in [0.25, 0.3) is 28.3 Å². The number of hydrogen-bond acceptors (Lipinski definition) is 6. The predicted octanol–water partition coefficient (Wildman–Crippen LogP) is 4.54. The van der Waals surface area contributed by atoms with E-state index < -0.39 is 0 Å². The van der Waals surface area contributed by atoms with Crippen LogP contribution in [0.3, 0.4) is 0 Å². The van der Waals surface area contributed by atoms with Crippen LogP contribution in [0.15, 0.2) is 79.3 Å². The fourth-order valence-corrected chi connectivity index (χ4v) is 4.79. The van der Waals surface area contributed by atoms with E-state index in [1.54, 1.807) is 13.4 Å². The van der Waals surface area contributed by atoms with E-state index in [2.05, 4.69) is 65.5 Å². The summed E-state index contributed by atoms with van der Waals surface area (Å²) < 4.78 is 9.52. The molecule has 0 spiro atoms. The van der Waals surface area contributed by atoms with Crippen molar-refractivity contribution in [1.82, 2.24) is 34.2 Å². The molecule has 8 heteroatoms. The average molecular weight is 478 g/mol. The minimum Gasteiger partial charge on any atom is -0.479 e. The third-order valence-electron chi connectivity index (χ3n) is 6.61. The van der Waals surface area contributed by atoms with Gasteiger partial charge in [-0.1, -0.05) is 48.5 Å². The van der Waals surface area contributed by atoms with Crippen LogP contribution in [-0.2, 0) is 6.54 Å². The Morgan fingerprint density at radius 3 is 2.53 bits per heavy atom. The number of rotatable bonds is 5. The van der Waals surface area contributed by atoms with E-state index in [4.69, 9.17) is 19.8 Å². The van der Waals surface area contributed by atoms with Gasteiger partial charge < -0.3 is 9.30 Å². The molecule has 6 rings (SSSR count).